The lowest BCUT2D eigenvalue weighted by Crippen LogP contribution is -2.46. The molecule has 0 unspecified atom stereocenters. The number of nitrogens with zero attached hydrogens (tertiary/aromatic N) is 1. The Balaban J connectivity index is 1.97. The summed E-state index contributed by atoms with van der Waals surface area (Å²) in [6.45, 7) is 1.52. The van der Waals surface area contributed by atoms with Crippen LogP contribution in [0.2, 0.25) is 0 Å². The van der Waals surface area contributed by atoms with E-state index in [0.717, 1.165) is 17.7 Å². The highest BCUT2D eigenvalue weighted by atomic mass is 16.2. The number of imide groups is 1. The summed E-state index contributed by atoms with van der Waals surface area (Å²) in [5.74, 6) is -1.27. The number of amides is 3. The van der Waals surface area contributed by atoms with Gasteiger partial charge in [0.15, 0.2) is 0 Å². The number of hydrogen-bond donors (Lipinski definition) is 1. The molecule has 4 aliphatic rings. The molecule has 2 bridgehead atoms. The first-order valence-electron chi connectivity index (χ1n) is 6.37. The van der Waals surface area contributed by atoms with E-state index in [-0.39, 0.29) is 35.5 Å². The molecular formula is C13H16N2O3. The van der Waals surface area contributed by atoms with Gasteiger partial charge < -0.3 is 5.73 Å². The van der Waals surface area contributed by atoms with Crippen molar-refractivity contribution >= 4 is 17.7 Å². The molecule has 96 valence electrons. The molecule has 18 heavy (non-hydrogen) atoms. The van der Waals surface area contributed by atoms with Crippen LogP contribution in [0, 0.1) is 23.7 Å². The van der Waals surface area contributed by atoms with Crippen molar-refractivity contribution in [2.75, 3.05) is 0 Å². The number of allylic oxidation sites excluding steroid dienone is 2. The standard InChI is InChI=1S/C13H16N2O3/c1-6(11(14)16)15-12(17)9-7-2-3-8(5-4-7)10(9)13(15)18/h2-3,6-10H,4-5H2,1H3,(H2,14,16)/t6-,7+,8+,9-,10-/m1/s1. The van der Waals surface area contributed by atoms with Gasteiger partial charge in [-0.25, -0.2) is 0 Å². The van der Waals surface area contributed by atoms with Gasteiger partial charge in [0.25, 0.3) is 0 Å². The predicted octanol–water partition coefficient (Wildman–Crippen LogP) is 0.0574. The summed E-state index contributed by atoms with van der Waals surface area (Å²) in [7, 11) is 0. The highest BCUT2D eigenvalue weighted by Crippen LogP contribution is 2.49. The first-order chi connectivity index (χ1) is 8.52. The normalized spacial score (nSPS) is 39.1. The zero-order chi connectivity index (χ0) is 13.0. The van der Waals surface area contributed by atoms with Crippen LogP contribution < -0.4 is 5.73 Å². The van der Waals surface area contributed by atoms with Crippen LogP contribution in [-0.2, 0) is 14.4 Å². The Bertz CT molecular complexity index is 439. The average molecular weight is 248 g/mol. The van der Waals surface area contributed by atoms with Crippen LogP contribution in [0.4, 0.5) is 0 Å². The summed E-state index contributed by atoms with van der Waals surface area (Å²) in [4.78, 5) is 37.0. The first kappa shape index (κ1) is 11.4. The molecule has 1 heterocycles. The second-order valence-electron chi connectivity index (χ2n) is 5.47. The highest BCUT2D eigenvalue weighted by molar-refractivity contribution is 6.08. The zero-order valence-corrected chi connectivity index (χ0v) is 10.2. The quantitative estimate of drug-likeness (QED) is 0.554. The Morgan fingerprint density at radius 1 is 1.22 bits per heavy atom. The van der Waals surface area contributed by atoms with Gasteiger partial charge in [0.1, 0.15) is 6.04 Å². The van der Waals surface area contributed by atoms with Crippen LogP contribution in [0.5, 0.6) is 0 Å². The van der Waals surface area contributed by atoms with E-state index < -0.39 is 11.9 Å². The van der Waals surface area contributed by atoms with Crippen molar-refractivity contribution < 1.29 is 14.4 Å². The number of fused-ring (bicyclic) bond motifs is 1. The van der Waals surface area contributed by atoms with Gasteiger partial charge in [0.2, 0.25) is 17.7 Å². The first-order valence-corrected chi connectivity index (χ1v) is 6.37. The van der Waals surface area contributed by atoms with E-state index in [4.69, 9.17) is 5.73 Å². The topological polar surface area (TPSA) is 80.5 Å². The number of likely N-dealkylation sites (tertiary alicyclic amines) is 1. The Morgan fingerprint density at radius 3 is 2.00 bits per heavy atom. The molecule has 2 N–H and O–H groups in total. The fourth-order valence-corrected chi connectivity index (χ4v) is 3.61. The van der Waals surface area contributed by atoms with Crippen LogP contribution in [0.1, 0.15) is 19.8 Å². The molecule has 3 aliphatic carbocycles. The van der Waals surface area contributed by atoms with E-state index in [1.807, 2.05) is 0 Å². The summed E-state index contributed by atoms with van der Waals surface area (Å²) in [5.41, 5.74) is 5.21. The molecule has 0 aromatic rings. The minimum atomic E-state index is -0.838. The van der Waals surface area contributed by atoms with Crippen LogP contribution in [0.15, 0.2) is 12.2 Å². The van der Waals surface area contributed by atoms with E-state index in [1.165, 1.54) is 6.92 Å². The van der Waals surface area contributed by atoms with Gasteiger partial charge in [-0.3, -0.25) is 19.3 Å². The minimum Gasteiger partial charge on any atom is -0.368 e. The number of rotatable bonds is 2. The second-order valence-corrected chi connectivity index (χ2v) is 5.47. The van der Waals surface area contributed by atoms with Gasteiger partial charge >= 0.3 is 0 Å². The van der Waals surface area contributed by atoms with Crippen molar-refractivity contribution in [3.8, 4) is 0 Å². The maximum Gasteiger partial charge on any atom is 0.240 e. The lowest BCUT2D eigenvalue weighted by Gasteiger charge is -2.38. The third-order valence-corrected chi connectivity index (χ3v) is 4.59. The Labute approximate surface area is 105 Å². The van der Waals surface area contributed by atoms with E-state index in [9.17, 15) is 14.4 Å². The molecule has 5 heteroatoms. The SMILES string of the molecule is C[C@H](C(N)=O)N1C(=O)[C@H]2[C@H](C1=O)[C@H]1C=C[C@H]2CC1. The molecule has 0 spiro atoms. The van der Waals surface area contributed by atoms with Gasteiger partial charge in [-0.2, -0.15) is 0 Å². The lowest BCUT2D eigenvalue weighted by atomic mass is 9.63. The molecule has 0 aromatic heterocycles. The molecule has 4 rings (SSSR count). The van der Waals surface area contributed by atoms with Gasteiger partial charge in [-0.15, -0.1) is 0 Å². The van der Waals surface area contributed by atoms with Gasteiger partial charge in [0.05, 0.1) is 11.8 Å². The molecule has 5 atom stereocenters. The molecule has 3 amide bonds. The third-order valence-electron chi connectivity index (χ3n) is 4.59. The lowest BCUT2D eigenvalue weighted by molar-refractivity contribution is -0.146. The van der Waals surface area contributed by atoms with E-state index in [2.05, 4.69) is 12.2 Å². The molecule has 1 saturated heterocycles. The summed E-state index contributed by atoms with van der Waals surface area (Å²) in [6, 6.07) is -0.838. The Kier molecular flexibility index (Phi) is 2.33. The van der Waals surface area contributed by atoms with E-state index in [0.29, 0.717) is 0 Å². The minimum absolute atomic E-state index is 0.154. The van der Waals surface area contributed by atoms with Crippen molar-refractivity contribution in [3.63, 3.8) is 0 Å². The summed E-state index contributed by atoms with van der Waals surface area (Å²) < 4.78 is 0. The Hall–Kier alpha value is -1.65. The van der Waals surface area contributed by atoms with Crippen molar-refractivity contribution in [1.29, 1.82) is 0 Å². The fourth-order valence-electron chi connectivity index (χ4n) is 3.61. The number of carbonyl (C=O) groups excluding carboxylic acids is 3. The molecular weight excluding hydrogens is 232 g/mol. The summed E-state index contributed by atoms with van der Waals surface area (Å²) in [5, 5.41) is 0. The van der Waals surface area contributed by atoms with Crippen molar-refractivity contribution in [3.05, 3.63) is 12.2 Å². The number of hydrogen-bond acceptors (Lipinski definition) is 3. The summed E-state index contributed by atoms with van der Waals surface area (Å²) in [6.07, 6.45) is 6.03. The number of carbonyl (C=O) groups is 3. The molecule has 2 fully saturated rings. The van der Waals surface area contributed by atoms with Gasteiger partial charge in [-0.05, 0) is 31.6 Å². The molecule has 0 aromatic carbocycles. The smallest absolute Gasteiger partial charge is 0.240 e. The van der Waals surface area contributed by atoms with E-state index >= 15 is 0 Å². The number of primary amides is 1. The second kappa shape index (κ2) is 3.67. The monoisotopic (exact) mass is 248 g/mol. The summed E-state index contributed by atoms with van der Waals surface area (Å²) >= 11 is 0. The van der Waals surface area contributed by atoms with Crippen LogP contribution in [0.25, 0.3) is 0 Å². The van der Waals surface area contributed by atoms with Crippen LogP contribution in [0.3, 0.4) is 0 Å². The highest BCUT2D eigenvalue weighted by Gasteiger charge is 2.57. The predicted molar refractivity (Wildman–Crippen MR) is 62.8 cm³/mol. The third kappa shape index (κ3) is 1.30. The molecule has 1 saturated carbocycles. The fraction of sp³-hybridized carbons (Fsp3) is 0.615. The number of nitrogens with two attached hydrogens (primary N) is 1. The maximum atomic E-state index is 12.3. The van der Waals surface area contributed by atoms with Crippen LogP contribution in [-0.4, -0.2) is 28.7 Å². The van der Waals surface area contributed by atoms with Crippen molar-refractivity contribution in [2.24, 2.45) is 29.4 Å². The van der Waals surface area contributed by atoms with Crippen molar-refractivity contribution in [2.45, 2.75) is 25.8 Å². The molecule has 1 aliphatic heterocycles. The average Bonchev–Trinajstić information content (AvgIpc) is 2.65. The molecule has 5 nitrogen and oxygen atoms in total. The zero-order valence-electron chi connectivity index (χ0n) is 10.2. The maximum absolute atomic E-state index is 12.3. The Morgan fingerprint density at radius 2 is 1.67 bits per heavy atom. The van der Waals surface area contributed by atoms with Crippen molar-refractivity contribution in [1.82, 2.24) is 4.90 Å². The van der Waals surface area contributed by atoms with Gasteiger partial charge in [-0.1, -0.05) is 12.2 Å². The largest absolute Gasteiger partial charge is 0.368 e. The van der Waals surface area contributed by atoms with Gasteiger partial charge in [0, 0.05) is 0 Å². The van der Waals surface area contributed by atoms with Crippen LogP contribution >= 0.6 is 0 Å². The molecule has 0 radical (unpaired) electrons. The van der Waals surface area contributed by atoms with E-state index in [1.54, 1.807) is 0 Å².